The van der Waals surface area contributed by atoms with Gasteiger partial charge in [-0.15, -0.1) is 0 Å². The van der Waals surface area contributed by atoms with Crippen LogP contribution in [0, 0.1) is 0 Å². The zero-order valence-corrected chi connectivity index (χ0v) is 10.1. The molecule has 4 nitrogen and oxygen atoms in total. The van der Waals surface area contributed by atoms with E-state index in [0.717, 1.165) is 30.7 Å². The molecular formula is C14H15NO3. The highest BCUT2D eigenvalue weighted by Gasteiger charge is 2.22. The van der Waals surface area contributed by atoms with Crippen molar-refractivity contribution in [2.75, 3.05) is 11.9 Å². The first-order valence-electron chi connectivity index (χ1n) is 6.30. The third-order valence-electron chi connectivity index (χ3n) is 3.49. The molecule has 0 aliphatic carbocycles. The van der Waals surface area contributed by atoms with E-state index in [2.05, 4.69) is 5.32 Å². The van der Waals surface area contributed by atoms with Crippen molar-refractivity contribution in [3.63, 3.8) is 0 Å². The quantitative estimate of drug-likeness (QED) is 0.828. The Kier molecular flexibility index (Phi) is 2.88. The maximum Gasteiger partial charge on any atom is 0.228 e. The number of carbonyl (C=O) groups excluding carboxylic acids is 2. The first-order chi connectivity index (χ1) is 8.72. The molecule has 0 aromatic heterocycles. The van der Waals surface area contributed by atoms with E-state index in [0.29, 0.717) is 18.4 Å². The Labute approximate surface area is 105 Å². The lowest BCUT2D eigenvalue weighted by Crippen LogP contribution is -2.12. The van der Waals surface area contributed by atoms with Crippen LogP contribution in [0.2, 0.25) is 0 Å². The number of Topliss-reactive ketones (excluding diaryl/α,β-unsaturated/α-hetero) is 1. The van der Waals surface area contributed by atoms with Gasteiger partial charge in [-0.2, -0.15) is 0 Å². The number of fused-ring (bicyclic) bond motifs is 1. The molecule has 0 bridgehead atoms. The minimum absolute atomic E-state index is 0.00581. The van der Waals surface area contributed by atoms with Crippen LogP contribution in [0.25, 0.3) is 0 Å². The van der Waals surface area contributed by atoms with Gasteiger partial charge in [0, 0.05) is 24.3 Å². The Morgan fingerprint density at radius 1 is 1.44 bits per heavy atom. The van der Waals surface area contributed by atoms with Gasteiger partial charge in [-0.05, 0) is 36.6 Å². The van der Waals surface area contributed by atoms with Gasteiger partial charge in [-0.25, -0.2) is 0 Å². The van der Waals surface area contributed by atoms with E-state index in [9.17, 15) is 9.59 Å². The Balaban J connectivity index is 1.74. The van der Waals surface area contributed by atoms with Crippen LogP contribution in [0.3, 0.4) is 0 Å². The summed E-state index contributed by atoms with van der Waals surface area (Å²) in [6.07, 6.45) is 2.90. The van der Waals surface area contributed by atoms with Crippen molar-refractivity contribution in [3.8, 4) is 0 Å². The fraction of sp³-hybridized carbons (Fsp3) is 0.429. The van der Waals surface area contributed by atoms with Crippen molar-refractivity contribution < 1.29 is 14.3 Å². The van der Waals surface area contributed by atoms with E-state index < -0.39 is 0 Å². The molecule has 1 saturated heterocycles. The molecule has 4 heteroatoms. The molecule has 0 saturated carbocycles. The average Bonchev–Trinajstić information content (AvgIpc) is 2.95. The summed E-state index contributed by atoms with van der Waals surface area (Å²) in [5.41, 5.74) is 2.42. The molecule has 1 aromatic rings. The van der Waals surface area contributed by atoms with Gasteiger partial charge in [-0.3, -0.25) is 9.59 Å². The third-order valence-corrected chi connectivity index (χ3v) is 3.49. The van der Waals surface area contributed by atoms with Crippen molar-refractivity contribution >= 4 is 17.4 Å². The average molecular weight is 245 g/mol. The number of ketones is 1. The summed E-state index contributed by atoms with van der Waals surface area (Å²) >= 11 is 0. The number of rotatable bonds is 3. The lowest BCUT2D eigenvalue weighted by molar-refractivity contribution is -0.115. The predicted molar refractivity (Wildman–Crippen MR) is 66.7 cm³/mol. The van der Waals surface area contributed by atoms with Crippen molar-refractivity contribution in [2.24, 2.45) is 0 Å². The molecule has 1 amide bonds. The van der Waals surface area contributed by atoms with Crippen LogP contribution in [-0.2, 0) is 16.0 Å². The molecule has 2 aliphatic heterocycles. The third kappa shape index (κ3) is 2.16. The van der Waals surface area contributed by atoms with Crippen LogP contribution in [0.5, 0.6) is 0 Å². The van der Waals surface area contributed by atoms with Gasteiger partial charge in [-0.1, -0.05) is 0 Å². The predicted octanol–water partition coefficient (Wildman–Crippen LogP) is 1.93. The smallest absolute Gasteiger partial charge is 0.228 e. The lowest BCUT2D eigenvalue weighted by Gasteiger charge is -2.08. The van der Waals surface area contributed by atoms with Gasteiger partial charge in [0.25, 0.3) is 0 Å². The summed E-state index contributed by atoms with van der Waals surface area (Å²) in [7, 11) is 0. The molecule has 1 aromatic carbocycles. The maximum absolute atomic E-state index is 12.1. The van der Waals surface area contributed by atoms with E-state index in [4.69, 9.17) is 4.74 Å². The number of carbonyl (C=O) groups is 2. The van der Waals surface area contributed by atoms with Crippen molar-refractivity contribution in [1.82, 2.24) is 0 Å². The maximum atomic E-state index is 12.1. The molecular weight excluding hydrogens is 230 g/mol. The Morgan fingerprint density at radius 3 is 3.11 bits per heavy atom. The minimum Gasteiger partial charge on any atom is -0.378 e. The summed E-state index contributed by atoms with van der Waals surface area (Å²) in [6.45, 7) is 0.764. The Morgan fingerprint density at radius 2 is 2.33 bits per heavy atom. The molecule has 0 radical (unpaired) electrons. The van der Waals surface area contributed by atoms with Gasteiger partial charge in [0.1, 0.15) is 0 Å². The van der Waals surface area contributed by atoms with Crippen molar-refractivity contribution in [1.29, 1.82) is 0 Å². The van der Waals surface area contributed by atoms with Gasteiger partial charge in [0.15, 0.2) is 5.78 Å². The van der Waals surface area contributed by atoms with Gasteiger partial charge < -0.3 is 10.1 Å². The van der Waals surface area contributed by atoms with Crippen molar-refractivity contribution in [2.45, 2.75) is 31.8 Å². The first kappa shape index (κ1) is 11.4. The molecule has 2 aliphatic rings. The van der Waals surface area contributed by atoms with Crippen LogP contribution in [-0.4, -0.2) is 24.4 Å². The zero-order chi connectivity index (χ0) is 12.5. The number of benzene rings is 1. The first-order valence-corrected chi connectivity index (χ1v) is 6.30. The molecule has 1 atom stereocenters. The number of amides is 1. The molecule has 3 rings (SSSR count). The summed E-state index contributed by atoms with van der Waals surface area (Å²) in [5, 5.41) is 2.76. The normalized spacial score (nSPS) is 21.8. The highest BCUT2D eigenvalue weighted by molar-refractivity contribution is 6.02. The van der Waals surface area contributed by atoms with E-state index in [1.165, 1.54) is 0 Å². The van der Waals surface area contributed by atoms with Crippen LogP contribution < -0.4 is 5.32 Å². The molecule has 94 valence electrons. The minimum atomic E-state index is -0.00581. The standard InChI is InChI=1S/C14H15NO3/c16-13(8-11-2-1-5-18-11)9-3-4-12-10(6-9)7-14(17)15-12/h3-4,6,11H,1-2,5,7-8H2,(H,15,17). The highest BCUT2D eigenvalue weighted by atomic mass is 16.5. The largest absolute Gasteiger partial charge is 0.378 e. The molecule has 1 fully saturated rings. The van der Waals surface area contributed by atoms with E-state index in [1.807, 2.05) is 12.1 Å². The molecule has 1 unspecified atom stereocenters. The summed E-state index contributed by atoms with van der Waals surface area (Å²) in [6, 6.07) is 5.41. The molecule has 2 heterocycles. The molecule has 1 N–H and O–H groups in total. The van der Waals surface area contributed by atoms with Crippen molar-refractivity contribution in [3.05, 3.63) is 29.3 Å². The second-order valence-corrected chi connectivity index (χ2v) is 4.86. The SMILES string of the molecule is O=C1Cc2cc(C(=O)CC3CCCO3)ccc2N1. The second kappa shape index (κ2) is 4.53. The van der Waals surface area contributed by atoms with Gasteiger partial charge in [0.2, 0.25) is 5.91 Å². The van der Waals surface area contributed by atoms with Crippen LogP contribution in [0.15, 0.2) is 18.2 Å². The van der Waals surface area contributed by atoms with Gasteiger partial charge >= 0.3 is 0 Å². The summed E-state index contributed by atoms with van der Waals surface area (Å²) < 4.78 is 5.47. The number of hydrogen-bond donors (Lipinski definition) is 1. The molecule has 18 heavy (non-hydrogen) atoms. The highest BCUT2D eigenvalue weighted by Crippen LogP contribution is 2.25. The number of anilines is 1. The second-order valence-electron chi connectivity index (χ2n) is 4.86. The van der Waals surface area contributed by atoms with Crippen LogP contribution >= 0.6 is 0 Å². The van der Waals surface area contributed by atoms with Crippen LogP contribution in [0.1, 0.15) is 35.2 Å². The summed E-state index contributed by atoms with van der Waals surface area (Å²) in [5.74, 6) is 0.0952. The molecule has 0 spiro atoms. The van der Waals surface area contributed by atoms with E-state index in [-0.39, 0.29) is 17.8 Å². The topological polar surface area (TPSA) is 55.4 Å². The number of hydrogen-bond acceptors (Lipinski definition) is 3. The van der Waals surface area contributed by atoms with Crippen LogP contribution in [0.4, 0.5) is 5.69 Å². The van der Waals surface area contributed by atoms with E-state index in [1.54, 1.807) is 6.07 Å². The summed E-state index contributed by atoms with van der Waals surface area (Å²) in [4.78, 5) is 23.3. The number of nitrogens with one attached hydrogen (secondary N) is 1. The lowest BCUT2D eigenvalue weighted by atomic mass is 10.0. The monoisotopic (exact) mass is 245 g/mol. The Hall–Kier alpha value is -1.68. The van der Waals surface area contributed by atoms with E-state index >= 15 is 0 Å². The van der Waals surface area contributed by atoms with Gasteiger partial charge in [0.05, 0.1) is 12.5 Å². The zero-order valence-electron chi connectivity index (χ0n) is 10.1. The fourth-order valence-electron chi connectivity index (χ4n) is 2.53. The number of ether oxygens (including phenoxy) is 1. The fourth-order valence-corrected chi connectivity index (χ4v) is 2.53. The Bertz CT molecular complexity index is 504.